The Morgan fingerprint density at radius 2 is 2.19 bits per heavy atom. The second-order valence-electron chi connectivity index (χ2n) is 3.06. The molecule has 16 heavy (non-hydrogen) atoms. The van der Waals surface area contributed by atoms with E-state index in [0.29, 0.717) is 13.0 Å². The number of ether oxygens (including phenoxy) is 1. The largest absolute Gasteiger partial charge is 0.475 e. The van der Waals surface area contributed by atoms with Gasteiger partial charge in [0.2, 0.25) is 0 Å². The van der Waals surface area contributed by atoms with Gasteiger partial charge in [0, 0.05) is 25.6 Å². The van der Waals surface area contributed by atoms with Crippen LogP contribution in [0.4, 0.5) is 14.6 Å². The third kappa shape index (κ3) is 3.30. The van der Waals surface area contributed by atoms with Crippen molar-refractivity contribution in [2.75, 3.05) is 25.1 Å². The Bertz CT molecular complexity index is 348. The minimum absolute atomic E-state index is 0.0390. The minimum atomic E-state index is -0.850. The van der Waals surface area contributed by atoms with Gasteiger partial charge in [-0.3, -0.25) is 0 Å². The number of anilines is 1. The van der Waals surface area contributed by atoms with Crippen LogP contribution in [0.25, 0.3) is 0 Å². The number of hydrogen-bond acceptors (Lipinski definition) is 4. The zero-order valence-corrected chi connectivity index (χ0v) is 8.96. The second-order valence-corrected chi connectivity index (χ2v) is 3.06. The zero-order valence-electron chi connectivity index (χ0n) is 8.96. The Balaban J connectivity index is 2.78. The van der Waals surface area contributed by atoms with Crippen LogP contribution in [0.15, 0.2) is 6.07 Å². The van der Waals surface area contributed by atoms with Crippen molar-refractivity contribution in [3.8, 4) is 5.88 Å². The number of aromatic nitrogens is 1. The molecule has 0 fully saturated rings. The Morgan fingerprint density at radius 1 is 1.44 bits per heavy atom. The van der Waals surface area contributed by atoms with E-state index < -0.39 is 11.6 Å². The van der Waals surface area contributed by atoms with Gasteiger partial charge in [-0.25, -0.2) is 8.78 Å². The van der Waals surface area contributed by atoms with Crippen LogP contribution in [0.2, 0.25) is 0 Å². The van der Waals surface area contributed by atoms with Gasteiger partial charge in [-0.05, 0) is 6.92 Å². The molecule has 4 nitrogen and oxygen atoms in total. The highest BCUT2D eigenvalue weighted by molar-refractivity contribution is 5.39. The summed E-state index contributed by atoms with van der Waals surface area (Å²) in [6.07, 6.45) is 0.370. The van der Waals surface area contributed by atoms with E-state index in [1.807, 2.05) is 0 Å². The van der Waals surface area contributed by atoms with Crippen molar-refractivity contribution in [1.29, 1.82) is 0 Å². The van der Waals surface area contributed by atoms with Crippen molar-refractivity contribution in [2.45, 2.75) is 13.3 Å². The van der Waals surface area contributed by atoms with E-state index in [9.17, 15) is 8.78 Å². The highest BCUT2D eigenvalue weighted by atomic mass is 19.1. The molecule has 0 radical (unpaired) electrons. The van der Waals surface area contributed by atoms with E-state index in [-0.39, 0.29) is 24.9 Å². The Labute approximate surface area is 92.3 Å². The van der Waals surface area contributed by atoms with Crippen LogP contribution in [0.5, 0.6) is 5.88 Å². The summed E-state index contributed by atoms with van der Waals surface area (Å²) in [5.41, 5.74) is 0. The van der Waals surface area contributed by atoms with Crippen LogP contribution >= 0.6 is 0 Å². The van der Waals surface area contributed by atoms with Crippen LogP contribution in [-0.2, 0) is 0 Å². The van der Waals surface area contributed by atoms with Crippen molar-refractivity contribution in [2.24, 2.45) is 0 Å². The molecule has 0 unspecified atom stereocenters. The first-order valence-corrected chi connectivity index (χ1v) is 5.02. The first-order chi connectivity index (χ1) is 7.69. The molecule has 1 rings (SSSR count). The molecule has 0 aliphatic rings. The maximum atomic E-state index is 13.2. The summed E-state index contributed by atoms with van der Waals surface area (Å²) in [5.74, 6) is -1.90. The van der Waals surface area contributed by atoms with Gasteiger partial charge in [-0.15, -0.1) is 0 Å². The lowest BCUT2D eigenvalue weighted by Crippen LogP contribution is -2.07. The number of aliphatic hydroxyl groups is 1. The standard InChI is InChI=1S/C10H14F2N2O2/c1-2-13-9-7(11)6-8(12)10(14-9)16-5-3-4-15/h6,15H,2-5H2,1H3,(H,13,14). The Hall–Kier alpha value is -1.43. The third-order valence-corrected chi connectivity index (χ3v) is 1.78. The molecule has 1 aromatic heterocycles. The fourth-order valence-corrected chi connectivity index (χ4v) is 1.08. The van der Waals surface area contributed by atoms with Gasteiger partial charge in [-0.2, -0.15) is 4.98 Å². The molecule has 0 bridgehead atoms. The fraction of sp³-hybridized carbons (Fsp3) is 0.500. The molecule has 0 amide bonds. The molecular formula is C10H14F2N2O2. The molecule has 2 N–H and O–H groups in total. The molecule has 6 heteroatoms. The molecule has 0 saturated carbocycles. The van der Waals surface area contributed by atoms with Crippen molar-refractivity contribution in [1.82, 2.24) is 4.98 Å². The summed E-state index contributed by atoms with van der Waals surface area (Å²) < 4.78 is 31.3. The zero-order chi connectivity index (χ0) is 12.0. The van der Waals surface area contributed by atoms with Crippen molar-refractivity contribution < 1.29 is 18.6 Å². The summed E-state index contributed by atoms with van der Waals surface area (Å²) in [6, 6.07) is 0.722. The van der Waals surface area contributed by atoms with Crippen molar-refractivity contribution >= 4 is 5.82 Å². The maximum absolute atomic E-state index is 13.2. The van der Waals surface area contributed by atoms with E-state index in [1.54, 1.807) is 6.92 Å². The fourth-order valence-electron chi connectivity index (χ4n) is 1.08. The van der Waals surface area contributed by atoms with E-state index in [4.69, 9.17) is 9.84 Å². The molecule has 0 aliphatic carbocycles. The highest BCUT2D eigenvalue weighted by Gasteiger charge is 2.12. The van der Waals surface area contributed by atoms with Crippen LogP contribution in [0.3, 0.4) is 0 Å². The quantitative estimate of drug-likeness (QED) is 0.731. The normalized spacial score (nSPS) is 10.2. The lowest BCUT2D eigenvalue weighted by atomic mass is 10.4. The number of hydrogen-bond donors (Lipinski definition) is 2. The monoisotopic (exact) mass is 232 g/mol. The molecule has 0 saturated heterocycles. The minimum Gasteiger partial charge on any atom is -0.475 e. The SMILES string of the molecule is CCNc1nc(OCCCO)c(F)cc1F. The number of rotatable bonds is 6. The molecule has 0 atom stereocenters. The Kier molecular flexibility index (Phi) is 4.91. The average molecular weight is 232 g/mol. The van der Waals surface area contributed by atoms with E-state index in [2.05, 4.69) is 10.3 Å². The van der Waals surface area contributed by atoms with Crippen LogP contribution in [0.1, 0.15) is 13.3 Å². The van der Waals surface area contributed by atoms with E-state index in [0.717, 1.165) is 6.07 Å². The predicted octanol–water partition coefficient (Wildman–Crippen LogP) is 1.55. The summed E-state index contributed by atoms with van der Waals surface area (Å²) in [7, 11) is 0. The highest BCUT2D eigenvalue weighted by Crippen LogP contribution is 2.20. The van der Waals surface area contributed by atoms with Crippen molar-refractivity contribution in [3.05, 3.63) is 17.7 Å². The average Bonchev–Trinajstić information content (AvgIpc) is 2.25. The van der Waals surface area contributed by atoms with Gasteiger partial charge in [-0.1, -0.05) is 0 Å². The van der Waals surface area contributed by atoms with Crippen molar-refractivity contribution in [3.63, 3.8) is 0 Å². The van der Waals surface area contributed by atoms with E-state index in [1.165, 1.54) is 0 Å². The van der Waals surface area contributed by atoms with E-state index >= 15 is 0 Å². The number of pyridine rings is 1. The topological polar surface area (TPSA) is 54.4 Å². The molecule has 1 aromatic rings. The summed E-state index contributed by atoms with van der Waals surface area (Å²) >= 11 is 0. The van der Waals surface area contributed by atoms with Gasteiger partial charge in [0.25, 0.3) is 5.88 Å². The first kappa shape index (κ1) is 12.6. The third-order valence-electron chi connectivity index (χ3n) is 1.78. The van der Waals surface area contributed by atoms with Crippen LogP contribution in [0, 0.1) is 11.6 Å². The maximum Gasteiger partial charge on any atom is 0.252 e. The molecular weight excluding hydrogens is 218 g/mol. The summed E-state index contributed by atoms with van der Waals surface area (Å²) in [4.78, 5) is 3.67. The number of halogens is 2. The molecule has 0 spiro atoms. The van der Waals surface area contributed by atoms with Gasteiger partial charge in [0.15, 0.2) is 17.5 Å². The lowest BCUT2D eigenvalue weighted by Gasteiger charge is -2.09. The van der Waals surface area contributed by atoms with Gasteiger partial charge < -0.3 is 15.2 Å². The molecule has 1 heterocycles. The smallest absolute Gasteiger partial charge is 0.252 e. The van der Waals surface area contributed by atoms with Gasteiger partial charge in [0.05, 0.1) is 6.61 Å². The van der Waals surface area contributed by atoms with Crippen LogP contribution in [-0.4, -0.2) is 29.8 Å². The van der Waals surface area contributed by atoms with Gasteiger partial charge in [0.1, 0.15) is 0 Å². The Morgan fingerprint density at radius 3 is 2.81 bits per heavy atom. The molecule has 90 valence electrons. The summed E-state index contributed by atoms with van der Waals surface area (Å²) in [5, 5.41) is 11.2. The second kappa shape index (κ2) is 6.22. The van der Waals surface area contributed by atoms with Crippen LogP contribution < -0.4 is 10.1 Å². The molecule has 0 aromatic carbocycles. The van der Waals surface area contributed by atoms with Gasteiger partial charge >= 0.3 is 0 Å². The number of nitrogens with zero attached hydrogens (tertiary/aromatic N) is 1. The number of aliphatic hydroxyl groups excluding tert-OH is 1. The predicted molar refractivity (Wildman–Crippen MR) is 55.5 cm³/mol. The molecule has 0 aliphatic heterocycles. The summed E-state index contributed by atoms with van der Waals surface area (Å²) in [6.45, 7) is 2.34. The first-order valence-electron chi connectivity index (χ1n) is 5.02. The number of nitrogens with one attached hydrogen (secondary N) is 1. The lowest BCUT2D eigenvalue weighted by molar-refractivity contribution is 0.223.